The topological polar surface area (TPSA) is 97.4 Å². The fourth-order valence-electron chi connectivity index (χ4n) is 3.78. The van der Waals surface area contributed by atoms with Gasteiger partial charge in [0.25, 0.3) is 0 Å². The molecule has 0 atom stereocenters. The smallest absolute Gasteiger partial charge is 0.321 e. The van der Waals surface area contributed by atoms with Gasteiger partial charge in [-0.1, -0.05) is 12.8 Å². The summed E-state index contributed by atoms with van der Waals surface area (Å²) in [5, 5.41) is 10.0. The molecule has 8 heteroatoms. The van der Waals surface area contributed by atoms with Crippen LogP contribution in [-0.4, -0.2) is 36.3 Å². The Hall–Kier alpha value is -3.55. The first-order valence-electron chi connectivity index (χ1n) is 10.4. The van der Waals surface area contributed by atoms with Crippen molar-refractivity contribution in [2.24, 2.45) is 0 Å². The Morgan fingerprint density at radius 2 is 1.94 bits per heavy atom. The fraction of sp³-hybridized carbons (Fsp3) is 0.348. The summed E-state index contributed by atoms with van der Waals surface area (Å²) < 4.78 is 10.7. The Labute approximate surface area is 181 Å². The molecular formula is C23H27N5O3. The van der Waals surface area contributed by atoms with E-state index in [2.05, 4.69) is 25.9 Å². The van der Waals surface area contributed by atoms with E-state index in [4.69, 9.17) is 9.47 Å². The summed E-state index contributed by atoms with van der Waals surface area (Å²) in [6.07, 6.45) is 6.09. The third kappa shape index (κ3) is 5.14. The zero-order valence-corrected chi connectivity index (χ0v) is 17.8. The molecule has 0 aliphatic heterocycles. The Kier molecular flexibility index (Phi) is 6.35. The average molecular weight is 422 g/mol. The molecule has 0 unspecified atom stereocenters. The number of methoxy groups -OCH3 is 2. The van der Waals surface area contributed by atoms with Gasteiger partial charge in [0.2, 0.25) is 5.95 Å². The number of urea groups is 1. The highest BCUT2D eigenvalue weighted by Crippen LogP contribution is 2.26. The first-order valence-corrected chi connectivity index (χ1v) is 10.4. The van der Waals surface area contributed by atoms with Crippen molar-refractivity contribution in [3.63, 3.8) is 0 Å². The standard InChI is InChI=1S/C23H27N5O3/c1-30-19-10-8-16(21(12-19)31-2)14-24-18-9-7-15-13-25-22(27-20(15)11-18)28-23(29)26-17-5-3-4-6-17/h7-13,17,24H,3-6,14H2,1-2H3,(H2,25,26,27,28,29). The summed E-state index contributed by atoms with van der Waals surface area (Å²) in [6, 6.07) is 11.6. The molecule has 1 fully saturated rings. The summed E-state index contributed by atoms with van der Waals surface area (Å²) in [5.41, 5.74) is 2.67. The number of rotatable bonds is 7. The summed E-state index contributed by atoms with van der Waals surface area (Å²) >= 11 is 0. The second-order valence-electron chi connectivity index (χ2n) is 7.58. The van der Waals surface area contributed by atoms with Crippen molar-refractivity contribution < 1.29 is 14.3 Å². The third-order valence-electron chi connectivity index (χ3n) is 5.48. The van der Waals surface area contributed by atoms with E-state index in [0.717, 1.165) is 59.3 Å². The van der Waals surface area contributed by atoms with Crippen LogP contribution in [0, 0.1) is 0 Å². The summed E-state index contributed by atoms with van der Waals surface area (Å²) in [5.74, 6) is 1.80. The van der Waals surface area contributed by atoms with Crippen molar-refractivity contribution in [2.75, 3.05) is 24.9 Å². The molecule has 2 aromatic carbocycles. The zero-order valence-electron chi connectivity index (χ0n) is 17.8. The maximum Gasteiger partial charge on any atom is 0.321 e. The molecule has 1 aliphatic rings. The minimum atomic E-state index is -0.257. The molecule has 31 heavy (non-hydrogen) atoms. The Morgan fingerprint density at radius 3 is 2.71 bits per heavy atom. The van der Waals surface area contributed by atoms with Crippen LogP contribution in [0.1, 0.15) is 31.2 Å². The quantitative estimate of drug-likeness (QED) is 0.526. The number of nitrogens with zero attached hydrogens (tertiary/aromatic N) is 2. The molecule has 1 aliphatic carbocycles. The third-order valence-corrected chi connectivity index (χ3v) is 5.48. The molecule has 3 N–H and O–H groups in total. The molecule has 2 amide bonds. The Balaban J connectivity index is 1.44. The van der Waals surface area contributed by atoms with Crippen molar-refractivity contribution in [1.29, 1.82) is 0 Å². The monoisotopic (exact) mass is 421 g/mol. The molecule has 0 saturated heterocycles. The first-order chi connectivity index (χ1) is 15.1. The zero-order chi connectivity index (χ0) is 21.6. The van der Waals surface area contributed by atoms with E-state index in [-0.39, 0.29) is 18.0 Å². The number of benzene rings is 2. The number of amides is 2. The van der Waals surface area contributed by atoms with Gasteiger partial charge >= 0.3 is 6.03 Å². The van der Waals surface area contributed by atoms with Crippen molar-refractivity contribution in [1.82, 2.24) is 15.3 Å². The molecule has 162 valence electrons. The van der Waals surface area contributed by atoms with Gasteiger partial charge in [-0.05, 0) is 43.2 Å². The van der Waals surface area contributed by atoms with Gasteiger partial charge in [0.15, 0.2) is 0 Å². The molecule has 1 heterocycles. The van der Waals surface area contributed by atoms with E-state index in [1.807, 2.05) is 36.4 Å². The van der Waals surface area contributed by atoms with Crippen LogP contribution in [0.25, 0.3) is 10.9 Å². The van der Waals surface area contributed by atoms with Gasteiger partial charge in [-0.15, -0.1) is 0 Å². The highest BCUT2D eigenvalue weighted by atomic mass is 16.5. The molecule has 3 aromatic rings. The Bertz CT molecular complexity index is 1070. The van der Waals surface area contributed by atoms with Crippen molar-refractivity contribution in [3.8, 4) is 11.5 Å². The predicted octanol–water partition coefficient (Wildman–Crippen LogP) is 4.32. The minimum Gasteiger partial charge on any atom is -0.497 e. The lowest BCUT2D eigenvalue weighted by Gasteiger charge is -2.13. The van der Waals surface area contributed by atoms with E-state index >= 15 is 0 Å². The van der Waals surface area contributed by atoms with Crippen LogP contribution in [0.5, 0.6) is 11.5 Å². The van der Waals surface area contributed by atoms with Gasteiger partial charge in [0, 0.05) is 41.5 Å². The summed E-state index contributed by atoms with van der Waals surface area (Å²) in [7, 11) is 3.27. The molecule has 4 rings (SSSR count). The average Bonchev–Trinajstić information content (AvgIpc) is 3.30. The molecular weight excluding hydrogens is 394 g/mol. The van der Waals surface area contributed by atoms with Crippen LogP contribution < -0.4 is 25.4 Å². The predicted molar refractivity (Wildman–Crippen MR) is 121 cm³/mol. The lowest BCUT2D eigenvalue weighted by Crippen LogP contribution is -2.36. The number of aromatic nitrogens is 2. The van der Waals surface area contributed by atoms with Crippen LogP contribution >= 0.6 is 0 Å². The lowest BCUT2D eigenvalue weighted by atomic mass is 10.1. The molecule has 0 spiro atoms. The summed E-state index contributed by atoms with van der Waals surface area (Å²) in [6.45, 7) is 0.582. The van der Waals surface area contributed by atoms with Crippen LogP contribution in [-0.2, 0) is 6.54 Å². The number of fused-ring (bicyclic) bond motifs is 1. The Morgan fingerprint density at radius 1 is 1.10 bits per heavy atom. The number of nitrogens with one attached hydrogen (secondary N) is 3. The molecule has 0 radical (unpaired) electrons. The second-order valence-corrected chi connectivity index (χ2v) is 7.58. The fourth-order valence-corrected chi connectivity index (χ4v) is 3.78. The van der Waals surface area contributed by atoms with Gasteiger partial charge in [0.1, 0.15) is 11.5 Å². The van der Waals surface area contributed by atoms with Gasteiger partial charge in [-0.25, -0.2) is 14.8 Å². The number of ether oxygens (including phenoxy) is 2. The molecule has 1 saturated carbocycles. The highest BCUT2D eigenvalue weighted by Gasteiger charge is 2.17. The molecule has 0 bridgehead atoms. The van der Waals surface area contributed by atoms with Crippen molar-refractivity contribution >= 4 is 28.6 Å². The van der Waals surface area contributed by atoms with E-state index < -0.39 is 0 Å². The van der Waals surface area contributed by atoms with Crippen LogP contribution in [0.4, 0.5) is 16.4 Å². The van der Waals surface area contributed by atoms with Gasteiger partial charge in [-0.3, -0.25) is 5.32 Å². The summed E-state index contributed by atoms with van der Waals surface area (Å²) in [4.78, 5) is 21.0. The SMILES string of the molecule is COc1ccc(CNc2ccc3cnc(NC(=O)NC4CCCC4)nc3c2)c(OC)c1. The van der Waals surface area contributed by atoms with Crippen molar-refractivity contribution in [2.45, 2.75) is 38.3 Å². The van der Waals surface area contributed by atoms with Gasteiger partial charge in [0.05, 0.1) is 19.7 Å². The van der Waals surface area contributed by atoms with Crippen LogP contribution in [0.3, 0.4) is 0 Å². The first kappa shape index (κ1) is 20.7. The molecule has 1 aromatic heterocycles. The maximum absolute atomic E-state index is 12.2. The van der Waals surface area contributed by atoms with E-state index in [0.29, 0.717) is 6.54 Å². The van der Waals surface area contributed by atoms with E-state index in [1.54, 1.807) is 20.4 Å². The number of carbonyl (C=O) groups is 1. The minimum absolute atomic E-state index is 0.242. The van der Waals surface area contributed by atoms with Crippen molar-refractivity contribution in [3.05, 3.63) is 48.2 Å². The number of carbonyl (C=O) groups excluding carboxylic acids is 1. The van der Waals surface area contributed by atoms with E-state index in [9.17, 15) is 4.79 Å². The number of hydrogen-bond acceptors (Lipinski definition) is 6. The maximum atomic E-state index is 12.2. The lowest BCUT2D eigenvalue weighted by molar-refractivity contribution is 0.248. The van der Waals surface area contributed by atoms with Gasteiger partial charge < -0.3 is 20.1 Å². The second kappa shape index (κ2) is 9.51. The largest absolute Gasteiger partial charge is 0.497 e. The molecule has 8 nitrogen and oxygen atoms in total. The van der Waals surface area contributed by atoms with Crippen LogP contribution in [0.15, 0.2) is 42.6 Å². The van der Waals surface area contributed by atoms with Gasteiger partial charge in [-0.2, -0.15) is 0 Å². The van der Waals surface area contributed by atoms with Crippen LogP contribution in [0.2, 0.25) is 0 Å². The highest BCUT2D eigenvalue weighted by molar-refractivity contribution is 5.89. The normalized spacial score (nSPS) is 13.7. The van der Waals surface area contributed by atoms with E-state index in [1.165, 1.54) is 0 Å². The number of hydrogen-bond donors (Lipinski definition) is 3. The number of anilines is 2.